The molecule has 0 aliphatic carbocycles. The Kier molecular flexibility index (Phi) is 4.68. The summed E-state index contributed by atoms with van der Waals surface area (Å²) >= 11 is 1.37. The highest BCUT2D eigenvalue weighted by Crippen LogP contribution is 2.22. The second kappa shape index (κ2) is 6.49. The van der Waals surface area contributed by atoms with Crippen LogP contribution in [-0.4, -0.2) is 26.1 Å². The number of hydrogen-bond acceptors (Lipinski definition) is 7. The van der Waals surface area contributed by atoms with E-state index in [4.69, 9.17) is 5.26 Å². The van der Waals surface area contributed by atoms with Crippen LogP contribution in [0.15, 0.2) is 9.79 Å². The maximum atomic E-state index is 11.9. The van der Waals surface area contributed by atoms with Gasteiger partial charge in [-0.15, -0.1) is 10.2 Å². The third-order valence-corrected chi connectivity index (χ3v) is 4.08. The molecule has 0 saturated carbocycles. The minimum absolute atomic E-state index is 0.00862. The van der Waals surface area contributed by atoms with Crippen molar-refractivity contribution in [3.05, 3.63) is 32.1 Å². The molecule has 0 unspecified atom stereocenters. The van der Waals surface area contributed by atoms with E-state index in [0.717, 1.165) is 22.4 Å². The van der Waals surface area contributed by atoms with E-state index in [9.17, 15) is 9.90 Å². The lowest BCUT2D eigenvalue weighted by Crippen LogP contribution is -2.22. The van der Waals surface area contributed by atoms with Crippen LogP contribution < -0.4 is 5.56 Å². The SMILES string of the molecule is CCCc1nnc(/N=C/c2c(C)c(C#N)c(=O)n(C)c2O)s1. The van der Waals surface area contributed by atoms with Crippen LogP contribution >= 0.6 is 11.3 Å². The monoisotopic (exact) mass is 317 g/mol. The van der Waals surface area contributed by atoms with Crippen molar-refractivity contribution in [3.8, 4) is 11.9 Å². The molecule has 0 amide bonds. The van der Waals surface area contributed by atoms with Crippen LogP contribution in [0.3, 0.4) is 0 Å². The molecule has 7 nitrogen and oxygen atoms in total. The van der Waals surface area contributed by atoms with Crippen molar-refractivity contribution >= 4 is 22.7 Å². The van der Waals surface area contributed by atoms with Gasteiger partial charge in [-0.25, -0.2) is 4.99 Å². The Labute approximate surface area is 131 Å². The largest absolute Gasteiger partial charge is 0.494 e. The lowest BCUT2D eigenvalue weighted by atomic mass is 10.1. The third kappa shape index (κ3) is 2.89. The maximum Gasteiger partial charge on any atom is 0.271 e. The summed E-state index contributed by atoms with van der Waals surface area (Å²) < 4.78 is 1.02. The molecule has 0 aromatic carbocycles. The van der Waals surface area contributed by atoms with Gasteiger partial charge < -0.3 is 5.11 Å². The topological polar surface area (TPSA) is 104 Å². The minimum atomic E-state index is -0.532. The Balaban J connectivity index is 2.45. The van der Waals surface area contributed by atoms with Gasteiger partial charge in [0.15, 0.2) is 0 Å². The Morgan fingerprint density at radius 3 is 2.86 bits per heavy atom. The number of pyridine rings is 1. The summed E-state index contributed by atoms with van der Waals surface area (Å²) in [6, 6.07) is 1.86. The average molecular weight is 317 g/mol. The number of aryl methyl sites for hydroxylation is 1. The van der Waals surface area contributed by atoms with Gasteiger partial charge in [-0.2, -0.15) is 5.26 Å². The van der Waals surface area contributed by atoms with E-state index in [1.165, 1.54) is 24.6 Å². The first-order chi connectivity index (χ1) is 10.5. The van der Waals surface area contributed by atoms with Crippen molar-refractivity contribution in [3.63, 3.8) is 0 Å². The van der Waals surface area contributed by atoms with Crippen molar-refractivity contribution < 1.29 is 5.11 Å². The van der Waals surface area contributed by atoms with Gasteiger partial charge in [0.05, 0.1) is 5.56 Å². The summed E-state index contributed by atoms with van der Waals surface area (Å²) in [6.45, 7) is 3.66. The number of aromatic nitrogens is 3. The number of nitriles is 1. The van der Waals surface area contributed by atoms with Crippen molar-refractivity contribution in [2.75, 3.05) is 0 Å². The molecular formula is C14H15N5O2S. The third-order valence-electron chi connectivity index (χ3n) is 3.19. The normalized spacial score (nSPS) is 11.0. The zero-order chi connectivity index (χ0) is 16.3. The summed E-state index contributed by atoms with van der Waals surface area (Å²) in [5.74, 6) is -0.233. The van der Waals surface area contributed by atoms with Gasteiger partial charge >= 0.3 is 0 Å². The molecule has 114 valence electrons. The predicted octanol–water partition coefficient (Wildman–Crippen LogP) is 1.83. The van der Waals surface area contributed by atoms with E-state index in [-0.39, 0.29) is 11.4 Å². The molecule has 8 heteroatoms. The fraction of sp³-hybridized carbons (Fsp3) is 0.357. The Morgan fingerprint density at radius 1 is 1.50 bits per heavy atom. The molecule has 2 aromatic rings. The van der Waals surface area contributed by atoms with E-state index in [2.05, 4.69) is 22.1 Å². The highest BCUT2D eigenvalue weighted by atomic mass is 32.1. The maximum absolute atomic E-state index is 11.9. The lowest BCUT2D eigenvalue weighted by molar-refractivity contribution is 0.421. The van der Waals surface area contributed by atoms with E-state index < -0.39 is 5.56 Å². The average Bonchev–Trinajstić information content (AvgIpc) is 2.94. The summed E-state index contributed by atoms with van der Waals surface area (Å²) in [6.07, 6.45) is 3.22. The Hall–Kier alpha value is -2.53. The molecule has 2 heterocycles. The molecule has 0 aliphatic heterocycles. The van der Waals surface area contributed by atoms with Crippen molar-refractivity contribution in [2.24, 2.45) is 12.0 Å². The summed E-state index contributed by atoms with van der Waals surface area (Å²) in [5.41, 5.74) is 0.178. The number of rotatable bonds is 4. The molecule has 0 spiro atoms. The fourth-order valence-electron chi connectivity index (χ4n) is 1.93. The quantitative estimate of drug-likeness (QED) is 0.866. The fourth-order valence-corrected chi connectivity index (χ4v) is 2.71. The molecule has 0 atom stereocenters. The van der Waals surface area contributed by atoms with E-state index >= 15 is 0 Å². The van der Waals surface area contributed by atoms with Crippen LogP contribution in [0.4, 0.5) is 5.13 Å². The van der Waals surface area contributed by atoms with Crippen molar-refractivity contribution in [2.45, 2.75) is 26.7 Å². The van der Waals surface area contributed by atoms with Gasteiger partial charge in [0, 0.05) is 19.7 Å². The number of aliphatic imine (C=N–C) groups is 1. The van der Waals surface area contributed by atoms with Crippen molar-refractivity contribution in [1.82, 2.24) is 14.8 Å². The molecule has 0 aliphatic rings. The highest BCUT2D eigenvalue weighted by molar-refractivity contribution is 7.14. The second-order valence-corrected chi connectivity index (χ2v) is 5.74. The summed E-state index contributed by atoms with van der Waals surface area (Å²) in [5, 5.41) is 28.5. The molecule has 0 fully saturated rings. The molecule has 1 N–H and O–H groups in total. The molecule has 0 radical (unpaired) electrons. The van der Waals surface area contributed by atoms with Crippen LogP contribution in [0.2, 0.25) is 0 Å². The molecular weight excluding hydrogens is 302 g/mol. The van der Waals surface area contributed by atoms with Gasteiger partial charge in [-0.05, 0) is 18.9 Å². The number of nitrogens with zero attached hydrogens (tertiary/aromatic N) is 5. The first-order valence-corrected chi connectivity index (χ1v) is 7.50. The molecule has 2 aromatic heterocycles. The number of hydrogen-bond donors (Lipinski definition) is 1. The van der Waals surface area contributed by atoms with Crippen LogP contribution in [0.1, 0.15) is 35.0 Å². The Bertz CT molecular complexity index is 829. The minimum Gasteiger partial charge on any atom is -0.494 e. The van der Waals surface area contributed by atoms with Crippen LogP contribution in [0.5, 0.6) is 5.88 Å². The molecule has 0 bridgehead atoms. The van der Waals surface area contributed by atoms with Gasteiger partial charge in [0.25, 0.3) is 5.56 Å². The van der Waals surface area contributed by atoms with E-state index in [1.807, 2.05) is 6.07 Å². The predicted molar refractivity (Wildman–Crippen MR) is 84.0 cm³/mol. The zero-order valence-corrected chi connectivity index (χ0v) is 13.3. The zero-order valence-electron chi connectivity index (χ0n) is 12.5. The van der Waals surface area contributed by atoms with E-state index in [0.29, 0.717) is 16.3 Å². The van der Waals surface area contributed by atoms with Crippen LogP contribution in [-0.2, 0) is 13.5 Å². The van der Waals surface area contributed by atoms with Crippen molar-refractivity contribution in [1.29, 1.82) is 5.26 Å². The molecule has 0 saturated heterocycles. The summed E-state index contributed by atoms with van der Waals surface area (Å²) in [4.78, 5) is 16.0. The molecule has 22 heavy (non-hydrogen) atoms. The van der Waals surface area contributed by atoms with Crippen LogP contribution in [0.25, 0.3) is 0 Å². The first kappa shape index (κ1) is 15.9. The Morgan fingerprint density at radius 2 is 2.23 bits per heavy atom. The van der Waals surface area contributed by atoms with Gasteiger partial charge in [0.2, 0.25) is 11.0 Å². The van der Waals surface area contributed by atoms with Gasteiger partial charge in [-0.3, -0.25) is 9.36 Å². The summed E-state index contributed by atoms with van der Waals surface area (Å²) in [7, 11) is 1.40. The lowest BCUT2D eigenvalue weighted by Gasteiger charge is -2.09. The molecule has 2 rings (SSSR count). The van der Waals surface area contributed by atoms with Gasteiger partial charge in [0.1, 0.15) is 16.6 Å². The van der Waals surface area contributed by atoms with Gasteiger partial charge in [-0.1, -0.05) is 18.3 Å². The number of aromatic hydroxyl groups is 1. The van der Waals surface area contributed by atoms with E-state index in [1.54, 1.807) is 6.92 Å². The smallest absolute Gasteiger partial charge is 0.271 e. The standard InChI is InChI=1S/C14H15N5O2S/c1-4-5-11-17-18-14(22-11)16-7-10-8(2)9(6-15)12(20)19(3)13(10)21/h7,21H,4-5H2,1-3H3/b16-7+. The highest BCUT2D eigenvalue weighted by Gasteiger charge is 2.15. The first-order valence-electron chi connectivity index (χ1n) is 6.68. The second-order valence-electron chi connectivity index (χ2n) is 4.70. The van der Waals surface area contributed by atoms with Crippen LogP contribution in [0, 0.1) is 18.3 Å².